The molecule has 0 aliphatic heterocycles. The smallest absolute Gasteiger partial charge is 0.321 e. The Morgan fingerprint density at radius 2 is 2.19 bits per heavy atom. The molecule has 0 aliphatic carbocycles. The summed E-state index contributed by atoms with van der Waals surface area (Å²) >= 11 is 0. The maximum Gasteiger partial charge on any atom is 0.321 e. The van der Waals surface area contributed by atoms with Gasteiger partial charge in [-0.1, -0.05) is 5.16 Å². The van der Waals surface area contributed by atoms with Crippen LogP contribution in [0.1, 0.15) is 26.6 Å². The first-order valence-corrected chi connectivity index (χ1v) is 5.31. The molecular formula is C10H19N3O3. The highest BCUT2D eigenvalue weighted by Crippen LogP contribution is 2.22. The van der Waals surface area contributed by atoms with Crippen molar-refractivity contribution in [1.82, 2.24) is 10.1 Å². The van der Waals surface area contributed by atoms with Gasteiger partial charge in [-0.05, 0) is 20.8 Å². The number of methoxy groups -OCH3 is 1. The van der Waals surface area contributed by atoms with Crippen LogP contribution in [-0.4, -0.2) is 37.0 Å². The van der Waals surface area contributed by atoms with Crippen molar-refractivity contribution in [1.29, 1.82) is 0 Å². The molecule has 1 aromatic heterocycles. The minimum Gasteiger partial charge on any atom is -0.383 e. The number of aromatic nitrogens is 2. The van der Waals surface area contributed by atoms with E-state index < -0.39 is 5.60 Å². The first-order valence-electron chi connectivity index (χ1n) is 5.31. The molecule has 1 heterocycles. The Hall–Kier alpha value is -1.14. The lowest BCUT2D eigenvalue weighted by Crippen LogP contribution is -2.23. The van der Waals surface area contributed by atoms with Crippen LogP contribution in [0.3, 0.4) is 0 Å². The summed E-state index contributed by atoms with van der Waals surface area (Å²) in [7, 11) is 1.64. The number of anilines is 1. The SMILES string of the molecule is CCOC(C)(C)c1noc(NCCOC)n1. The lowest BCUT2D eigenvalue weighted by molar-refractivity contribution is -0.0221. The third-order valence-electron chi connectivity index (χ3n) is 2.05. The van der Waals surface area contributed by atoms with E-state index >= 15 is 0 Å². The summed E-state index contributed by atoms with van der Waals surface area (Å²) in [6.07, 6.45) is 0. The summed E-state index contributed by atoms with van der Waals surface area (Å²) in [5, 5.41) is 6.83. The van der Waals surface area contributed by atoms with Crippen LogP contribution in [0.2, 0.25) is 0 Å². The summed E-state index contributed by atoms with van der Waals surface area (Å²) in [6, 6.07) is 0.389. The van der Waals surface area contributed by atoms with Crippen molar-refractivity contribution in [3.63, 3.8) is 0 Å². The van der Waals surface area contributed by atoms with E-state index in [1.807, 2.05) is 20.8 Å². The normalized spacial score (nSPS) is 11.8. The highest BCUT2D eigenvalue weighted by Gasteiger charge is 2.26. The molecule has 0 unspecified atom stereocenters. The van der Waals surface area contributed by atoms with Gasteiger partial charge in [-0.3, -0.25) is 0 Å². The largest absolute Gasteiger partial charge is 0.383 e. The lowest BCUT2D eigenvalue weighted by Gasteiger charge is -2.19. The van der Waals surface area contributed by atoms with E-state index in [9.17, 15) is 0 Å². The zero-order valence-electron chi connectivity index (χ0n) is 10.2. The number of rotatable bonds is 7. The van der Waals surface area contributed by atoms with Gasteiger partial charge in [0.1, 0.15) is 5.60 Å². The Labute approximate surface area is 95.3 Å². The Morgan fingerprint density at radius 3 is 2.81 bits per heavy atom. The van der Waals surface area contributed by atoms with Crippen LogP contribution in [0.25, 0.3) is 0 Å². The average Bonchev–Trinajstić information content (AvgIpc) is 2.67. The second-order valence-corrected chi connectivity index (χ2v) is 3.79. The molecule has 6 nitrogen and oxygen atoms in total. The quantitative estimate of drug-likeness (QED) is 0.713. The molecule has 0 aliphatic rings. The zero-order chi connectivity index (χ0) is 12.0. The fourth-order valence-corrected chi connectivity index (χ4v) is 1.23. The second kappa shape index (κ2) is 5.81. The molecule has 6 heteroatoms. The Bertz CT molecular complexity index is 312. The van der Waals surface area contributed by atoms with Gasteiger partial charge in [0.15, 0.2) is 0 Å². The summed E-state index contributed by atoms with van der Waals surface area (Å²) in [5.74, 6) is 0.536. The lowest BCUT2D eigenvalue weighted by atomic mass is 10.1. The van der Waals surface area contributed by atoms with Crippen molar-refractivity contribution in [2.75, 3.05) is 32.2 Å². The number of nitrogens with zero attached hydrogens (tertiary/aromatic N) is 2. The minimum absolute atomic E-state index is 0.389. The van der Waals surface area contributed by atoms with E-state index in [2.05, 4.69) is 15.5 Å². The molecule has 0 amide bonds. The van der Waals surface area contributed by atoms with Crippen LogP contribution in [0.4, 0.5) is 6.01 Å². The summed E-state index contributed by atoms with van der Waals surface area (Å²) in [4.78, 5) is 4.20. The molecule has 0 saturated heterocycles. The topological polar surface area (TPSA) is 69.4 Å². The highest BCUT2D eigenvalue weighted by atomic mass is 16.5. The van der Waals surface area contributed by atoms with Gasteiger partial charge in [0.05, 0.1) is 6.61 Å². The molecule has 1 N–H and O–H groups in total. The average molecular weight is 229 g/mol. The molecule has 0 spiro atoms. The van der Waals surface area contributed by atoms with E-state index in [1.54, 1.807) is 7.11 Å². The first-order chi connectivity index (χ1) is 7.60. The Morgan fingerprint density at radius 1 is 1.44 bits per heavy atom. The van der Waals surface area contributed by atoms with Crippen LogP contribution in [0.5, 0.6) is 0 Å². The molecule has 0 atom stereocenters. The Balaban J connectivity index is 2.56. The number of hydrogen-bond donors (Lipinski definition) is 1. The van der Waals surface area contributed by atoms with Crippen LogP contribution in [0, 0.1) is 0 Å². The molecule has 1 aromatic rings. The van der Waals surface area contributed by atoms with Crippen LogP contribution >= 0.6 is 0 Å². The Kier molecular flexibility index (Phi) is 4.70. The summed E-state index contributed by atoms with van der Waals surface area (Å²) in [5.41, 5.74) is -0.528. The third kappa shape index (κ3) is 3.46. The number of ether oxygens (including phenoxy) is 2. The monoisotopic (exact) mass is 229 g/mol. The molecule has 0 radical (unpaired) electrons. The summed E-state index contributed by atoms with van der Waals surface area (Å²) < 4.78 is 15.5. The van der Waals surface area contributed by atoms with Gasteiger partial charge in [-0.15, -0.1) is 0 Å². The molecule has 0 bridgehead atoms. The predicted molar refractivity (Wildman–Crippen MR) is 59.3 cm³/mol. The molecular weight excluding hydrogens is 210 g/mol. The fourth-order valence-electron chi connectivity index (χ4n) is 1.23. The minimum atomic E-state index is -0.528. The summed E-state index contributed by atoms with van der Waals surface area (Å²) in [6.45, 7) is 7.56. The molecule has 0 fully saturated rings. The van der Waals surface area contributed by atoms with E-state index in [0.29, 0.717) is 31.6 Å². The molecule has 92 valence electrons. The van der Waals surface area contributed by atoms with Gasteiger partial charge in [0.2, 0.25) is 5.82 Å². The van der Waals surface area contributed by atoms with E-state index in [4.69, 9.17) is 14.0 Å². The standard InChI is InChI=1S/C10H19N3O3/c1-5-15-10(2,3)8-12-9(16-13-8)11-6-7-14-4/h5-7H2,1-4H3,(H,11,12,13). The fraction of sp³-hybridized carbons (Fsp3) is 0.800. The van der Waals surface area contributed by atoms with Gasteiger partial charge in [0, 0.05) is 20.3 Å². The van der Waals surface area contributed by atoms with Crippen molar-refractivity contribution < 1.29 is 14.0 Å². The maximum atomic E-state index is 5.52. The number of nitrogens with one attached hydrogen (secondary N) is 1. The van der Waals surface area contributed by atoms with E-state index in [1.165, 1.54) is 0 Å². The molecule has 0 aromatic carbocycles. The van der Waals surface area contributed by atoms with Gasteiger partial charge >= 0.3 is 6.01 Å². The molecule has 0 saturated carbocycles. The van der Waals surface area contributed by atoms with E-state index in [0.717, 1.165) is 0 Å². The zero-order valence-corrected chi connectivity index (χ0v) is 10.2. The highest BCUT2D eigenvalue weighted by molar-refractivity contribution is 5.19. The maximum absolute atomic E-state index is 5.52. The van der Waals surface area contributed by atoms with Gasteiger partial charge in [0.25, 0.3) is 0 Å². The van der Waals surface area contributed by atoms with Crippen molar-refractivity contribution in [2.24, 2.45) is 0 Å². The predicted octanol–water partition coefficient (Wildman–Crippen LogP) is 1.40. The van der Waals surface area contributed by atoms with Gasteiger partial charge in [-0.25, -0.2) is 0 Å². The van der Waals surface area contributed by atoms with Crippen molar-refractivity contribution in [3.8, 4) is 0 Å². The van der Waals surface area contributed by atoms with Crippen molar-refractivity contribution in [3.05, 3.63) is 5.82 Å². The third-order valence-corrected chi connectivity index (χ3v) is 2.05. The number of hydrogen-bond acceptors (Lipinski definition) is 6. The second-order valence-electron chi connectivity index (χ2n) is 3.79. The van der Waals surface area contributed by atoms with Crippen LogP contribution < -0.4 is 5.32 Å². The van der Waals surface area contributed by atoms with Crippen LogP contribution in [0.15, 0.2) is 4.52 Å². The van der Waals surface area contributed by atoms with Crippen LogP contribution in [-0.2, 0) is 15.1 Å². The molecule has 1 rings (SSSR count). The van der Waals surface area contributed by atoms with E-state index in [-0.39, 0.29) is 0 Å². The first kappa shape index (κ1) is 12.9. The van der Waals surface area contributed by atoms with Crippen molar-refractivity contribution >= 4 is 6.01 Å². The van der Waals surface area contributed by atoms with Gasteiger partial charge in [-0.2, -0.15) is 4.98 Å². The van der Waals surface area contributed by atoms with Gasteiger partial charge < -0.3 is 19.3 Å². The van der Waals surface area contributed by atoms with Crippen molar-refractivity contribution in [2.45, 2.75) is 26.4 Å². The molecule has 16 heavy (non-hydrogen) atoms.